The second-order valence-corrected chi connectivity index (χ2v) is 6.46. The van der Waals surface area contributed by atoms with Crippen molar-refractivity contribution in [2.75, 3.05) is 25.2 Å². The lowest BCUT2D eigenvalue weighted by molar-refractivity contribution is -0.114. The molecule has 1 aromatic carbocycles. The molecule has 102 valence electrons. The number of ether oxygens (including phenoxy) is 1. The third-order valence-electron chi connectivity index (χ3n) is 2.74. The standard InChI is InChI=1S/C11H10ClNO5S/c1-18-5-4-13-9-3-2-7(19(12,16)17)6-8(9)10(14)11(13)15/h2-3,6H,4-5H2,1H3. The van der Waals surface area contributed by atoms with Gasteiger partial charge in [-0.2, -0.15) is 0 Å². The Hall–Kier alpha value is -1.44. The van der Waals surface area contributed by atoms with Gasteiger partial charge in [-0.15, -0.1) is 0 Å². The number of benzene rings is 1. The lowest BCUT2D eigenvalue weighted by Crippen LogP contribution is -2.32. The van der Waals surface area contributed by atoms with E-state index in [2.05, 4.69) is 0 Å². The van der Waals surface area contributed by atoms with Crippen molar-refractivity contribution in [3.05, 3.63) is 23.8 Å². The van der Waals surface area contributed by atoms with E-state index in [9.17, 15) is 18.0 Å². The molecule has 6 nitrogen and oxygen atoms in total. The fourth-order valence-corrected chi connectivity index (χ4v) is 2.61. The maximum Gasteiger partial charge on any atom is 0.299 e. The first-order valence-corrected chi connectivity index (χ1v) is 7.61. The molecule has 1 heterocycles. The summed E-state index contributed by atoms with van der Waals surface area (Å²) < 4.78 is 27.3. The van der Waals surface area contributed by atoms with Crippen molar-refractivity contribution in [2.24, 2.45) is 0 Å². The number of methoxy groups -OCH3 is 1. The van der Waals surface area contributed by atoms with Crippen LogP contribution in [0.4, 0.5) is 5.69 Å². The Morgan fingerprint density at radius 2 is 2.00 bits per heavy atom. The maximum absolute atomic E-state index is 11.8. The topological polar surface area (TPSA) is 80.8 Å². The Labute approximate surface area is 114 Å². The first-order valence-electron chi connectivity index (χ1n) is 5.30. The summed E-state index contributed by atoms with van der Waals surface area (Å²) in [6, 6.07) is 3.76. The molecule has 0 aromatic heterocycles. The molecule has 1 amide bonds. The number of hydrogen-bond acceptors (Lipinski definition) is 5. The summed E-state index contributed by atoms with van der Waals surface area (Å²) in [6.07, 6.45) is 0. The van der Waals surface area contributed by atoms with E-state index in [1.54, 1.807) is 0 Å². The number of ketones is 1. The van der Waals surface area contributed by atoms with Gasteiger partial charge in [-0.3, -0.25) is 9.59 Å². The van der Waals surface area contributed by atoms with E-state index in [0.717, 1.165) is 6.07 Å². The summed E-state index contributed by atoms with van der Waals surface area (Å²) >= 11 is 0. The molecule has 0 atom stereocenters. The van der Waals surface area contributed by atoms with Gasteiger partial charge in [-0.1, -0.05) is 0 Å². The van der Waals surface area contributed by atoms with Gasteiger partial charge in [0.1, 0.15) is 0 Å². The molecule has 8 heteroatoms. The van der Waals surface area contributed by atoms with Gasteiger partial charge in [0.25, 0.3) is 20.7 Å². The molecule has 0 fully saturated rings. The highest BCUT2D eigenvalue weighted by Gasteiger charge is 2.36. The predicted molar refractivity (Wildman–Crippen MR) is 68.0 cm³/mol. The van der Waals surface area contributed by atoms with Crippen molar-refractivity contribution in [1.29, 1.82) is 0 Å². The fourth-order valence-electron chi connectivity index (χ4n) is 1.84. The second-order valence-electron chi connectivity index (χ2n) is 3.90. The summed E-state index contributed by atoms with van der Waals surface area (Å²) in [5.41, 5.74) is 0.416. The normalized spacial score (nSPS) is 14.9. The number of anilines is 1. The molecule has 0 radical (unpaired) electrons. The highest BCUT2D eigenvalue weighted by atomic mass is 35.7. The number of carbonyl (C=O) groups is 2. The predicted octanol–water partition coefficient (Wildman–Crippen LogP) is 0.790. The molecule has 0 bridgehead atoms. The number of hydrogen-bond donors (Lipinski definition) is 0. The van der Waals surface area contributed by atoms with Gasteiger partial charge in [-0.25, -0.2) is 8.42 Å². The van der Waals surface area contributed by atoms with Crippen LogP contribution in [0.25, 0.3) is 0 Å². The van der Waals surface area contributed by atoms with Crippen LogP contribution in [0.1, 0.15) is 10.4 Å². The molecule has 0 saturated heterocycles. The Morgan fingerprint density at radius 1 is 1.32 bits per heavy atom. The summed E-state index contributed by atoms with van der Waals surface area (Å²) in [6.45, 7) is 0.495. The van der Waals surface area contributed by atoms with Gasteiger partial charge >= 0.3 is 0 Å². The number of halogens is 1. The lowest BCUT2D eigenvalue weighted by Gasteiger charge is -2.15. The third-order valence-corrected chi connectivity index (χ3v) is 4.09. The van der Waals surface area contributed by atoms with Crippen LogP contribution in [0.2, 0.25) is 0 Å². The van der Waals surface area contributed by atoms with Gasteiger partial charge in [0.05, 0.1) is 22.8 Å². The van der Waals surface area contributed by atoms with Gasteiger partial charge in [0.2, 0.25) is 0 Å². The maximum atomic E-state index is 11.8. The molecular weight excluding hydrogens is 294 g/mol. The number of nitrogens with zero attached hydrogens (tertiary/aromatic N) is 1. The van der Waals surface area contributed by atoms with E-state index >= 15 is 0 Å². The molecule has 0 aliphatic carbocycles. The quantitative estimate of drug-likeness (QED) is 0.607. The summed E-state index contributed by atoms with van der Waals surface area (Å²) in [4.78, 5) is 24.6. The molecule has 1 aliphatic heterocycles. The van der Waals surface area contributed by atoms with Gasteiger partial charge < -0.3 is 9.64 Å². The molecule has 19 heavy (non-hydrogen) atoms. The van der Waals surface area contributed by atoms with Crippen molar-refractivity contribution in [2.45, 2.75) is 4.90 Å². The molecule has 0 saturated carbocycles. The van der Waals surface area contributed by atoms with Crippen LogP contribution in [0, 0.1) is 0 Å². The van der Waals surface area contributed by atoms with Crippen molar-refractivity contribution >= 4 is 37.1 Å². The second kappa shape index (κ2) is 4.92. The molecule has 1 aliphatic rings. The molecule has 2 rings (SSSR count). The average Bonchev–Trinajstić information content (AvgIpc) is 2.59. The van der Waals surface area contributed by atoms with Crippen molar-refractivity contribution in [1.82, 2.24) is 0 Å². The van der Waals surface area contributed by atoms with Crippen LogP contribution >= 0.6 is 10.7 Å². The van der Waals surface area contributed by atoms with Gasteiger partial charge in [-0.05, 0) is 18.2 Å². The minimum atomic E-state index is -3.93. The number of carbonyl (C=O) groups excluding carboxylic acids is 2. The largest absolute Gasteiger partial charge is 0.383 e. The molecule has 0 N–H and O–H groups in total. The highest BCUT2D eigenvalue weighted by Crippen LogP contribution is 2.31. The smallest absolute Gasteiger partial charge is 0.299 e. The average molecular weight is 304 g/mol. The van der Waals surface area contributed by atoms with Crippen molar-refractivity contribution < 1.29 is 22.7 Å². The van der Waals surface area contributed by atoms with Gasteiger partial charge in [0, 0.05) is 24.3 Å². The van der Waals surface area contributed by atoms with Gasteiger partial charge in [0.15, 0.2) is 0 Å². The van der Waals surface area contributed by atoms with Crippen LogP contribution in [-0.2, 0) is 18.6 Å². The number of fused-ring (bicyclic) bond motifs is 1. The molecular formula is C11H10ClNO5S. The first kappa shape index (κ1) is 14.0. The Morgan fingerprint density at radius 3 is 2.58 bits per heavy atom. The van der Waals surface area contributed by atoms with Crippen molar-refractivity contribution in [3.8, 4) is 0 Å². The zero-order chi connectivity index (χ0) is 14.2. The lowest BCUT2D eigenvalue weighted by atomic mass is 10.1. The van der Waals surface area contributed by atoms with Crippen LogP contribution in [0.5, 0.6) is 0 Å². The minimum absolute atomic E-state index is 0.0443. The Balaban J connectivity index is 2.47. The summed E-state index contributed by atoms with van der Waals surface area (Å²) in [5, 5.41) is 0. The van der Waals surface area contributed by atoms with Crippen LogP contribution in [-0.4, -0.2) is 40.4 Å². The van der Waals surface area contributed by atoms with E-state index in [1.807, 2.05) is 0 Å². The zero-order valence-corrected chi connectivity index (χ0v) is 11.5. The van der Waals surface area contributed by atoms with Crippen LogP contribution in [0.3, 0.4) is 0 Å². The van der Waals surface area contributed by atoms with Crippen LogP contribution < -0.4 is 4.90 Å². The zero-order valence-electron chi connectivity index (χ0n) is 9.92. The SMILES string of the molecule is COCCN1C(=O)C(=O)c2cc(S(=O)(=O)Cl)ccc21. The first-order chi connectivity index (χ1) is 8.86. The van der Waals surface area contributed by atoms with E-state index < -0.39 is 20.7 Å². The number of amides is 1. The van der Waals surface area contributed by atoms with E-state index in [4.69, 9.17) is 15.4 Å². The highest BCUT2D eigenvalue weighted by molar-refractivity contribution is 8.13. The van der Waals surface area contributed by atoms with Crippen LogP contribution in [0.15, 0.2) is 23.1 Å². The summed E-state index contributed by atoms with van der Waals surface area (Å²) in [5.74, 6) is -1.44. The van der Waals surface area contributed by atoms with E-state index in [0.29, 0.717) is 5.69 Å². The van der Waals surface area contributed by atoms with E-state index in [1.165, 1.54) is 24.1 Å². The minimum Gasteiger partial charge on any atom is -0.383 e. The third kappa shape index (κ3) is 2.49. The Bertz CT molecular complexity index is 655. The molecule has 0 spiro atoms. The fraction of sp³-hybridized carbons (Fsp3) is 0.273. The van der Waals surface area contributed by atoms with E-state index in [-0.39, 0.29) is 23.6 Å². The monoisotopic (exact) mass is 303 g/mol. The number of rotatable bonds is 4. The number of Topliss-reactive ketones (excluding diaryl/α,β-unsaturated/α-hetero) is 1. The van der Waals surface area contributed by atoms with Crippen molar-refractivity contribution in [3.63, 3.8) is 0 Å². The Kier molecular flexibility index (Phi) is 3.62. The molecule has 0 unspecified atom stereocenters. The summed E-state index contributed by atoms with van der Waals surface area (Å²) in [7, 11) is 2.75. The molecule has 1 aromatic rings.